The second-order valence-electron chi connectivity index (χ2n) is 5.25. The van der Waals surface area contributed by atoms with E-state index in [1.165, 1.54) is 32.1 Å². The third-order valence-corrected chi connectivity index (χ3v) is 6.16. The molecular weight excluding hydrogens is 440 g/mol. The highest BCUT2D eigenvalue weighted by Crippen LogP contribution is 2.60. The first kappa shape index (κ1) is 12.4. The molecule has 2 atom stereocenters. The van der Waals surface area contributed by atoms with Gasteiger partial charge >= 0.3 is 0 Å². The fraction of sp³-hybridized carbons (Fsp3) is 1.00. The molecule has 2 unspecified atom stereocenters. The Bertz CT molecular complexity index is 223. The molecule has 2 saturated carbocycles. The Labute approximate surface area is 119 Å². The molecule has 2 bridgehead atoms. The normalized spacial score (nSPS) is 58.5. The van der Waals surface area contributed by atoms with Gasteiger partial charge in [0.25, 0.3) is 0 Å². The summed E-state index contributed by atoms with van der Waals surface area (Å²) in [5.41, 5.74) is 0. The number of halogens is 4. The smallest absolute Gasteiger partial charge is 0.0295 e. The number of alkyl halides is 4. The topological polar surface area (TPSA) is 0 Å². The zero-order valence-electron chi connectivity index (χ0n) is 8.12. The summed E-state index contributed by atoms with van der Waals surface area (Å²) in [6.07, 6.45) is 6.16. The van der Waals surface area contributed by atoms with Crippen LogP contribution in [0.4, 0.5) is 0 Å². The molecule has 0 radical (unpaired) electrons. The van der Waals surface area contributed by atoms with Gasteiger partial charge in [0.2, 0.25) is 0 Å². The quantitative estimate of drug-likeness (QED) is 0.445. The molecule has 0 amide bonds. The van der Waals surface area contributed by atoms with E-state index in [-0.39, 0.29) is 4.32 Å². The Morgan fingerprint density at radius 2 is 1.36 bits per heavy atom. The van der Waals surface area contributed by atoms with E-state index in [0.29, 0.717) is 13.5 Å². The third kappa shape index (κ3) is 2.60. The third-order valence-electron chi connectivity index (χ3n) is 3.18. The number of hydrogen-bond acceptors (Lipinski definition) is 0. The molecule has 2 aliphatic carbocycles. The van der Waals surface area contributed by atoms with Gasteiger partial charge in [0.1, 0.15) is 0 Å². The Morgan fingerprint density at radius 3 is 1.79 bits per heavy atom. The molecule has 4 heteroatoms. The van der Waals surface area contributed by atoms with Gasteiger partial charge in [-0.05, 0) is 39.0 Å². The minimum absolute atomic E-state index is 0.283. The van der Waals surface area contributed by atoms with Crippen molar-refractivity contribution in [3.8, 4) is 0 Å². The fourth-order valence-electron chi connectivity index (χ4n) is 3.23. The van der Waals surface area contributed by atoms with E-state index in [1.807, 2.05) is 0 Å². The average molecular weight is 454 g/mol. The van der Waals surface area contributed by atoms with E-state index in [4.69, 9.17) is 0 Å². The standard InChI is InChI=1S/C10H14Br4/c1-8(12)4-9(13)2-7(11)3-10(14,5-8)6-9/h7H,2-6H2,1H3. The van der Waals surface area contributed by atoms with Crippen molar-refractivity contribution >= 4 is 63.7 Å². The minimum atomic E-state index is 0.283. The molecule has 2 rings (SSSR count). The molecule has 0 spiro atoms. The van der Waals surface area contributed by atoms with Crippen LogP contribution in [-0.2, 0) is 0 Å². The SMILES string of the molecule is CC1(Br)CC2(Br)CC(Br)CC(Br)(C1)C2. The van der Waals surface area contributed by atoms with Crippen molar-refractivity contribution in [3.63, 3.8) is 0 Å². The largest absolute Gasteiger partial charge is 0.0890 e. The Balaban J connectivity index is 2.28. The van der Waals surface area contributed by atoms with Crippen LogP contribution in [0, 0.1) is 0 Å². The number of hydrogen-bond donors (Lipinski definition) is 0. The molecule has 0 N–H and O–H groups in total. The van der Waals surface area contributed by atoms with Gasteiger partial charge in [0.05, 0.1) is 0 Å². The van der Waals surface area contributed by atoms with Gasteiger partial charge in [-0.25, -0.2) is 0 Å². The molecule has 0 aromatic carbocycles. The first-order valence-corrected chi connectivity index (χ1v) is 8.22. The lowest BCUT2D eigenvalue weighted by molar-refractivity contribution is 0.234. The van der Waals surface area contributed by atoms with Crippen molar-refractivity contribution in [3.05, 3.63) is 0 Å². The minimum Gasteiger partial charge on any atom is -0.0890 e. The molecule has 2 aliphatic rings. The molecule has 0 aliphatic heterocycles. The van der Waals surface area contributed by atoms with Crippen molar-refractivity contribution in [1.29, 1.82) is 0 Å². The van der Waals surface area contributed by atoms with E-state index >= 15 is 0 Å². The van der Waals surface area contributed by atoms with Crippen LogP contribution in [0.2, 0.25) is 0 Å². The van der Waals surface area contributed by atoms with Crippen molar-refractivity contribution in [2.45, 2.75) is 56.8 Å². The van der Waals surface area contributed by atoms with Crippen LogP contribution in [0.25, 0.3) is 0 Å². The van der Waals surface area contributed by atoms with E-state index in [9.17, 15) is 0 Å². The van der Waals surface area contributed by atoms with E-state index in [0.717, 1.165) is 0 Å². The lowest BCUT2D eigenvalue weighted by Gasteiger charge is -2.53. The molecule has 0 aromatic rings. The lowest BCUT2D eigenvalue weighted by atomic mass is 9.68. The predicted molar refractivity (Wildman–Crippen MR) is 76.4 cm³/mol. The van der Waals surface area contributed by atoms with E-state index in [1.54, 1.807) is 0 Å². The van der Waals surface area contributed by atoms with Crippen molar-refractivity contribution in [2.75, 3.05) is 0 Å². The second-order valence-corrected chi connectivity index (χ2v) is 11.8. The first-order valence-electron chi connectivity index (χ1n) is 4.93. The maximum absolute atomic E-state index is 3.95. The molecular formula is C10H14Br4. The second kappa shape index (κ2) is 3.71. The zero-order valence-corrected chi connectivity index (χ0v) is 14.5. The van der Waals surface area contributed by atoms with Gasteiger partial charge in [-0.15, -0.1) is 0 Å². The van der Waals surface area contributed by atoms with Crippen LogP contribution in [0.15, 0.2) is 0 Å². The van der Waals surface area contributed by atoms with Gasteiger partial charge in [0.15, 0.2) is 0 Å². The Hall–Kier alpha value is 1.92. The molecule has 0 saturated heterocycles. The number of rotatable bonds is 0. The molecule has 2 fully saturated rings. The summed E-state index contributed by atoms with van der Waals surface area (Å²) < 4.78 is 0.921. The van der Waals surface area contributed by atoms with Crippen LogP contribution < -0.4 is 0 Å². The summed E-state index contributed by atoms with van der Waals surface area (Å²) in [6.45, 7) is 2.31. The zero-order chi connectivity index (χ0) is 10.6. The van der Waals surface area contributed by atoms with Gasteiger partial charge in [-0.3, -0.25) is 0 Å². The summed E-state index contributed by atoms with van der Waals surface area (Å²) >= 11 is 15.5. The maximum Gasteiger partial charge on any atom is 0.0295 e. The van der Waals surface area contributed by atoms with E-state index in [2.05, 4.69) is 70.6 Å². The van der Waals surface area contributed by atoms with E-state index < -0.39 is 0 Å². The summed E-state index contributed by atoms with van der Waals surface area (Å²) in [4.78, 5) is 0.651. The Kier molecular flexibility index (Phi) is 3.28. The maximum atomic E-state index is 3.95. The molecule has 14 heavy (non-hydrogen) atoms. The monoisotopic (exact) mass is 450 g/mol. The van der Waals surface area contributed by atoms with Gasteiger partial charge in [-0.2, -0.15) is 0 Å². The molecule has 0 heterocycles. The number of fused-ring (bicyclic) bond motifs is 2. The van der Waals surface area contributed by atoms with Crippen molar-refractivity contribution in [1.82, 2.24) is 0 Å². The van der Waals surface area contributed by atoms with Crippen LogP contribution in [0.5, 0.6) is 0 Å². The van der Waals surface area contributed by atoms with Gasteiger partial charge < -0.3 is 0 Å². The first-order chi connectivity index (χ1) is 6.22. The average Bonchev–Trinajstić information content (AvgIpc) is 1.71. The summed E-state index contributed by atoms with van der Waals surface area (Å²) in [6, 6.07) is 0. The summed E-state index contributed by atoms with van der Waals surface area (Å²) in [7, 11) is 0. The summed E-state index contributed by atoms with van der Waals surface area (Å²) in [5.74, 6) is 0. The molecule has 0 aromatic heterocycles. The van der Waals surface area contributed by atoms with Crippen LogP contribution >= 0.6 is 63.7 Å². The van der Waals surface area contributed by atoms with Gasteiger partial charge in [-0.1, -0.05) is 63.7 Å². The highest BCUT2D eigenvalue weighted by atomic mass is 79.9. The lowest BCUT2D eigenvalue weighted by Crippen LogP contribution is -2.53. The highest BCUT2D eigenvalue weighted by molar-refractivity contribution is 9.11. The fourth-order valence-corrected chi connectivity index (χ4v) is 10.6. The van der Waals surface area contributed by atoms with Crippen LogP contribution in [0.3, 0.4) is 0 Å². The molecule has 82 valence electrons. The van der Waals surface area contributed by atoms with Crippen molar-refractivity contribution < 1.29 is 0 Å². The highest BCUT2D eigenvalue weighted by Gasteiger charge is 2.54. The summed E-state index contributed by atoms with van der Waals surface area (Å²) in [5, 5.41) is 0. The van der Waals surface area contributed by atoms with Crippen molar-refractivity contribution in [2.24, 2.45) is 0 Å². The molecule has 0 nitrogen and oxygen atoms in total. The van der Waals surface area contributed by atoms with Crippen LogP contribution in [-0.4, -0.2) is 17.8 Å². The van der Waals surface area contributed by atoms with Gasteiger partial charge in [0, 0.05) is 17.8 Å². The van der Waals surface area contributed by atoms with Crippen LogP contribution in [0.1, 0.15) is 39.0 Å². The predicted octanol–water partition coefficient (Wildman–Crippen LogP) is 5.15. The Morgan fingerprint density at radius 1 is 0.929 bits per heavy atom.